The fourth-order valence-corrected chi connectivity index (χ4v) is 2.42. The zero-order chi connectivity index (χ0) is 19.5. The molecule has 0 unspecified atom stereocenters. The van der Waals surface area contributed by atoms with E-state index >= 15 is 0 Å². The molecule has 140 valence electrons. The Balaban J connectivity index is 2.16. The summed E-state index contributed by atoms with van der Waals surface area (Å²) in [5.41, 5.74) is -1.14. The van der Waals surface area contributed by atoms with E-state index < -0.39 is 34.6 Å². The molecule has 1 heterocycles. The molecule has 1 aromatic heterocycles. The van der Waals surface area contributed by atoms with Gasteiger partial charge < -0.3 is 15.1 Å². The van der Waals surface area contributed by atoms with E-state index in [0.717, 1.165) is 12.1 Å². The molecular formula is C17H16ClF3N2O3. The van der Waals surface area contributed by atoms with Crippen molar-refractivity contribution >= 4 is 29.1 Å². The van der Waals surface area contributed by atoms with Crippen LogP contribution in [0.5, 0.6) is 0 Å². The summed E-state index contributed by atoms with van der Waals surface area (Å²) >= 11 is 5.56. The number of benzene rings is 1. The van der Waals surface area contributed by atoms with Crippen molar-refractivity contribution in [2.24, 2.45) is 5.92 Å². The first kappa shape index (κ1) is 19.8. The van der Waals surface area contributed by atoms with Crippen LogP contribution in [-0.4, -0.2) is 17.9 Å². The molecule has 2 N–H and O–H groups in total. The highest BCUT2D eigenvalue weighted by atomic mass is 35.5. The van der Waals surface area contributed by atoms with Crippen LogP contribution in [-0.2, 0) is 11.0 Å². The molecule has 0 bridgehead atoms. The minimum absolute atomic E-state index is 0.0225. The van der Waals surface area contributed by atoms with Crippen LogP contribution >= 0.6 is 11.6 Å². The van der Waals surface area contributed by atoms with Crippen molar-refractivity contribution in [3.8, 4) is 0 Å². The van der Waals surface area contributed by atoms with E-state index in [0.29, 0.717) is 0 Å². The topological polar surface area (TPSA) is 71.3 Å². The second-order valence-corrected chi connectivity index (χ2v) is 6.26. The van der Waals surface area contributed by atoms with Gasteiger partial charge in [-0.1, -0.05) is 25.4 Å². The van der Waals surface area contributed by atoms with Gasteiger partial charge in [0, 0.05) is 5.69 Å². The van der Waals surface area contributed by atoms with E-state index in [4.69, 9.17) is 16.0 Å². The molecule has 0 aliphatic heterocycles. The van der Waals surface area contributed by atoms with Gasteiger partial charge in [0.25, 0.3) is 5.91 Å². The minimum atomic E-state index is -4.65. The standard InChI is InChI=1S/C17H16ClF3N2O3/c1-9(2)14(23-15(24)13-4-3-7-26-13)16(25)22-10-5-6-12(18)11(8-10)17(19,20)21/h3-9,14H,1-2H3,(H,22,25)(H,23,24)/t14-/m1/s1. The summed E-state index contributed by atoms with van der Waals surface area (Å²) in [4.78, 5) is 24.5. The molecule has 2 aromatic rings. The summed E-state index contributed by atoms with van der Waals surface area (Å²) in [6.45, 7) is 3.38. The van der Waals surface area contributed by atoms with E-state index in [1.807, 2.05) is 0 Å². The van der Waals surface area contributed by atoms with Gasteiger partial charge in [-0.3, -0.25) is 9.59 Å². The van der Waals surface area contributed by atoms with Crippen molar-refractivity contribution in [1.29, 1.82) is 0 Å². The summed E-state index contributed by atoms with van der Waals surface area (Å²) in [5, 5.41) is 4.40. The first-order chi connectivity index (χ1) is 12.1. The summed E-state index contributed by atoms with van der Waals surface area (Å²) in [6.07, 6.45) is -3.34. The molecule has 5 nitrogen and oxygen atoms in total. The van der Waals surface area contributed by atoms with Crippen LogP contribution < -0.4 is 10.6 Å². The number of nitrogens with one attached hydrogen (secondary N) is 2. The molecule has 0 aliphatic carbocycles. The van der Waals surface area contributed by atoms with E-state index in [9.17, 15) is 22.8 Å². The number of hydrogen-bond donors (Lipinski definition) is 2. The zero-order valence-electron chi connectivity index (χ0n) is 13.9. The van der Waals surface area contributed by atoms with E-state index in [1.165, 1.54) is 24.5 Å². The molecule has 0 spiro atoms. The molecule has 2 rings (SSSR count). The van der Waals surface area contributed by atoms with Crippen LogP contribution in [0.3, 0.4) is 0 Å². The van der Waals surface area contributed by atoms with Gasteiger partial charge in [-0.15, -0.1) is 0 Å². The summed E-state index contributed by atoms with van der Waals surface area (Å²) in [7, 11) is 0. The molecule has 0 radical (unpaired) electrons. The smallest absolute Gasteiger partial charge is 0.417 e. The Labute approximate surface area is 152 Å². The largest absolute Gasteiger partial charge is 0.459 e. The highest BCUT2D eigenvalue weighted by molar-refractivity contribution is 6.31. The number of carbonyl (C=O) groups excluding carboxylic acids is 2. The van der Waals surface area contributed by atoms with E-state index in [-0.39, 0.29) is 17.4 Å². The molecule has 1 aromatic carbocycles. The Bertz CT molecular complexity index is 789. The minimum Gasteiger partial charge on any atom is -0.459 e. The Hall–Kier alpha value is -2.48. The molecule has 0 saturated heterocycles. The molecule has 0 saturated carbocycles. The number of halogens is 4. The Morgan fingerprint density at radius 2 is 1.88 bits per heavy atom. The SMILES string of the molecule is CC(C)[C@@H](NC(=O)c1ccco1)C(=O)Nc1ccc(Cl)c(C(F)(F)F)c1. The maximum absolute atomic E-state index is 12.9. The number of amides is 2. The average Bonchev–Trinajstić information content (AvgIpc) is 3.07. The lowest BCUT2D eigenvalue weighted by Crippen LogP contribution is -2.47. The first-order valence-corrected chi connectivity index (χ1v) is 7.99. The molecule has 9 heteroatoms. The van der Waals surface area contributed by atoms with Gasteiger partial charge in [-0.25, -0.2) is 0 Å². The van der Waals surface area contributed by atoms with Crippen LogP contribution in [0, 0.1) is 5.92 Å². The number of furan rings is 1. The lowest BCUT2D eigenvalue weighted by Gasteiger charge is -2.21. The maximum atomic E-state index is 12.9. The van der Waals surface area contributed by atoms with Crippen molar-refractivity contribution in [2.45, 2.75) is 26.1 Å². The molecule has 0 aliphatic rings. The van der Waals surface area contributed by atoms with Crippen LogP contribution in [0.15, 0.2) is 41.0 Å². The summed E-state index contributed by atoms with van der Waals surface area (Å²) in [6, 6.07) is 5.02. The lowest BCUT2D eigenvalue weighted by molar-refractivity contribution is -0.137. The second kappa shape index (κ2) is 7.82. The zero-order valence-corrected chi connectivity index (χ0v) is 14.6. The first-order valence-electron chi connectivity index (χ1n) is 7.61. The highest BCUT2D eigenvalue weighted by Crippen LogP contribution is 2.36. The molecule has 26 heavy (non-hydrogen) atoms. The highest BCUT2D eigenvalue weighted by Gasteiger charge is 2.34. The van der Waals surface area contributed by atoms with Crippen LogP contribution in [0.1, 0.15) is 30.0 Å². The van der Waals surface area contributed by atoms with Crippen molar-refractivity contribution in [3.63, 3.8) is 0 Å². The van der Waals surface area contributed by atoms with E-state index in [1.54, 1.807) is 13.8 Å². The second-order valence-electron chi connectivity index (χ2n) is 5.85. The molecule has 2 amide bonds. The summed E-state index contributed by atoms with van der Waals surface area (Å²) < 4.78 is 43.7. The van der Waals surface area contributed by atoms with Crippen molar-refractivity contribution in [2.75, 3.05) is 5.32 Å². The number of alkyl halides is 3. The number of carbonyl (C=O) groups is 2. The molecular weight excluding hydrogens is 373 g/mol. The molecule has 1 atom stereocenters. The van der Waals surface area contributed by atoms with Crippen LogP contribution in [0.25, 0.3) is 0 Å². The average molecular weight is 389 g/mol. The fraction of sp³-hybridized carbons (Fsp3) is 0.294. The Morgan fingerprint density at radius 3 is 2.42 bits per heavy atom. The van der Waals surface area contributed by atoms with Gasteiger partial charge in [-0.05, 0) is 36.2 Å². The van der Waals surface area contributed by atoms with E-state index in [2.05, 4.69) is 10.6 Å². The van der Waals surface area contributed by atoms with Gasteiger partial charge in [0.05, 0.1) is 16.8 Å². The monoisotopic (exact) mass is 388 g/mol. The van der Waals surface area contributed by atoms with Gasteiger partial charge in [0.2, 0.25) is 5.91 Å². The Kier molecular flexibility index (Phi) is 5.97. The Morgan fingerprint density at radius 1 is 1.19 bits per heavy atom. The van der Waals surface area contributed by atoms with Crippen molar-refractivity contribution < 1.29 is 27.2 Å². The van der Waals surface area contributed by atoms with Gasteiger partial charge in [-0.2, -0.15) is 13.2 Å². The number of anilines is 1. The van der Waals surface area contributed by atoms with Gasteiger partial charge >= 0.3 is 6.18 Å². The third-order valence-corrected chi connectivity index (χ3v) is 3.85. The van der Waals surface area contributed by atoms with Crippen LogP contribution in [0.2, 0.25) is 5.02 Å². The predicted molar refractivity (Wildman–Crippen MR) is 89.9 cm³/mol. The summed E-state index contributed by atoms with van der Waals surface area (Å²) in [5.74, 6) is -1.55. The van der Waals surface area contributed by atoms with Gasteiger partial charge in [0.15, 0.2) is 5.76 Å². The normalized spacial score (nSPS) is 12.7. The van der Waals surface area contributed by atoms with Crippen molar-refractivity contribution in [1.82, 2.24) is 5.32 Å². The lowest BCUT2D eigenvalue weighted by atomic mass is 10.0. The van der Waals surface area contributed by atoms with Crippen LogP contribution in [0.4, 0.5) is 18.9 Å². The third kappa shape index (κ3) is 4.78. The van der Waals surface area contributed by atoms with Crippen molar-refractivity contribution in [3.05, 3.63) is 52.9 Å². The number of hydrogen-bond acceptors (Lipinski definition) is 3. The fourth-order valence-electron chi connectivity index (χ4n) is 2.20. The van der Waals surface area contributed by atoms with Gasteiger partial charge in [0.1, 0.15) is 6.04 Å². The predicted octanol–water partition coefficient (Wildman–Crippen LogP) is 4.34. The molecule has 0 fully saturated rings. The third-order valence-electron chi connectivity index (χ3n) is 3.52. The number of rotatable bonds is 5. The quantitative estimate of drug-likeness (QED) is 0.800. The maximum Gasteiger partial charge on any atom is 0.417 e.